The highest BCUT2D eigenvalue weighted by molar-refractivity contribution is 6.13. The number of piperazine rings is 1. The van der Waals surface area contributed by atoms with Gasteiger partial charge in [0.1, 0.15) is 11.6 Å². The van der Waals surface area contributed by atoms with Crippen LogP contribution < -0.4 is 19.9 Å². The van der Waals surface area contributed by atoms with Crippen LogP contribution in [0.15, 0.2) is 54.7 Å². The molecule has 12 heteroatoms. The lowest BCUT2D eigenvalue weighted by Gasteiger charge is -2.36. The molecule has 3 aliphatic heterocycles. The molecule has 10 nitrogen and oxygen atoms in total. The minimum Gasteiger partial charge on any atom is -0.433 e. The molecule has 3 aliphatic rings. The molecule has 2 aromatic carbocycles. The Morgan fingerprint density at radius 3 is 2.49 bits per heavy atom. The molecular formula is C31H35F2N7O3. The van der Waals surface area contributed by atoms with Crippen LogP contribution in [0.5, 0.6) is 5.75 Å². The van der Waals surface area contributed by atoms with Gasteiger partial charge >= 0.3 is 6.61 Å². The van der Waals surface area contributed by atoms with Crippen molar-refractivity contribution in [2.75, 3.05) is 75.5 Å². The molecule has 0 unspecified atom stereocenters. The maximum atomic E-state index is 13.5. The quantitative estimate of drug-likeness (QED) is 0.456. The van der Waals surface area contributed by atoms with Gasteiger partial charge in [0.15, 0.2) is 0 Å². The number of carbonyl (C=O) groups is 2. The summed E-state index contributed by atoms with van der Waals surface area (Å²) in [5, 5.41) is 3.07. The van der Waals surface area contributed by atoms with Gasteiger partial charge in [-0.3, -0.25) is 14.5 Å². The minimum absolute atomic E-state index is 0.154. The van der Waals surface area contributed by atoms with Crippen molar-refractivity contribution in [2.24, 2.45) is 0 Å². The highest BCUT2D eigenvalue weighted by atomic mass is 19.3. The van der Waals surface area contributed by atoms with E-state index in [9.17, 15) is 18.4 Å². The van der Waals surface area contributed by atoms with Crippen molar-refractivity contribution in [2.45, 2.75) is 19.1 Å². The van der Waals surface area contributed by atoms with Crippen LogP contribution in [0.25, 0.3) is 0 Å². The number of hydrogen-bond donors (Lipinski definition) is 1. The highest BCUT2D eigenvalue weighted by Crippen LogP contribution is 2.40. The zero-order valence-electron chi connectivity index (χ0n) is 24.5. The standard InChI is InChI=1S/C31H35F2N7O3/c1-36-12-14-39(15-13-36)21-10-11-40(19-21)29(41)20-8-9-23(27(16-20)43-31(32)33)35-28-17-25-26(18-34-28)38(3)30(42)22-6-4-5-7-24(22)37(25)2/h4-9,16-18,21,31H,10-15,19H2,1-3H3,(H,34,35)/t21-/m1/s1. The molecule has 0 aliphatic carbocycles. The summed E-state index contributed by atoms with van der Waals surface area (Å²) in [5.41, 5.74) is 3.11. The number of amides is 2. The van der Waals surface area contributed by atoms with Crippen molar-refractivity contribution in [1.29, 1.82) is 0 Å². The first-order valence-corrected chi connectivity index (χ1v) is 14.4. The number of carbonyl (C=O) groups excluding carboxylic acids is 2. The van der Waals surface area contributed by atoms with E-state index in [-0.39, 0.29) is 28.8 Å². The van der Waals surface area contributed by atoms with E-state index >= 15 is 0 Å². The van der Waals surface area contributed by atoms with Crippen LogP contribution in [-0.4, -0.2) is 105 Å². The van der Waals surface area contributed by atoms with Gasteiger partial charge in [-0.1, -0.05) is 12.1 Å². The van der Waals surface area contributed by atoms with Gasteiger partial charge in [0.2, 0.25) is 0 Å². The second-order valence-corrected chi connectivity index (χ2v) is 11.2. The van der Waals surface area contributed by atoms with Crippen molar-refractivity contribution in [3.05, 3.63) is 65.9 Å². The molecular weight excluding hydrogens is 556 g/mol. The van der Waals surface area contributed by atoms with Crippen LogP contribution in [0.3, 0.4) is 0 Å². The number of fused-ring (bicyclic) bond motifs is 2. The van der Waals surface area contributed by atoms with E-state index in [1.54, 1.807) is 42.4 Å². The van der Waals surface area contributed by atoms with Gasteiger partial charge in [-0.15, -0.1) is 0 Å². The van der Waals surface area contributed by atoms with Crippen molar-refractivity contribution >= 4 is 40.4 Å². The smallest absolute Gasteiger partial charge is 0.387 e. The number of alkyl halides is 2. The summed E-state index contributed by atoms with van der Waals surface area (Å²) in [5.74, 6) is -0.167. The van der Waals surface area contributed by atoms with Gasteiger partial charge in [0.25, 0.3) is 11.8 Å². The number of anilines is 5. The fraction of sp³-hybridized carbons (Fsp3) is 0.387. The van der Waals surface area contributed by atoms with Crippen LogP contribution >= 0.6 is 0 Å². The molecule has 0 spiro atoms. The summed E-state index contributed by atoms with van der Waals surface area (Å²) < 4.78 is 31.8. The third kappa shape index (κ3) is 5.72. The molecule has 1 N–H and O–H groups in total. The van der Waals surface area contributed by atoms with E-state index in [0.29, 0.717) is 41.9 Å². The number of nitrogens with zero attached hydrogens (tertiary/aromatic N) is 6. The summed E-state index contributed by atoms with van der Waals surface area (Å²) in [4.78, 5) is 40.9. The number of likely N-dealkylation sites (N-methyl/N-ethyl adjacent to an activating group) is 1. The number of aromatic nitrogens is 1. The molecule has 4 heterocycles. The lowest BCUT2D eigenvalue weighted by molar-refractivity contribution is -0.0494. The van der Waals surface area contributed by atoms with Crippen LogP contribution in [-0.2, 0) is 0 Å². The summed E-state index contributed by atoms with van der Waals surface area (Å²) >= 11 is 0. The maximum absolute atomic E-state index is 13.5. The van der Waals surface area contributed by atoms with Crippen molar-refractivity contribution in [3.8, 4) is 5.75 Å². The predicted molar refractivity (Wildman–Crippen MR) is 161 cm³/mol. The highest BCUT2D eigenvalue weighted by Gasteiger charge is 2.33. The molecule has 3 aromatic rings. The fourth-order valence-electron chi connectivity index (χ4n) is 6.08. The second kappa shape index (κ2) is 11.8. The average Bonchev–Trinajstić information content (AvgIpc) is 3.48. The number of hydrogen-bond acceptors (Lipinski definition) is 8. The van der Waals surface area contributed by atoms with Gasteiger partial charge in [0.05, 0.1) is 34.5 Å². The summed E-state index contributed by atoms with van der Waals surface area (Å²) in [7, 11) is 5.65. The lowest BCUT2D eigenvalue weighted by Crippen LogP contribution is -2.50. The molecule has 0 saturated carbocycles. The Labute approximate surface area is 249 Å². The first kappa shape index (κ1) is 28.8. The Hall–Kier alpha value is -4.29. The Morgan fingerprint density at radius 1 is 0.953 bits per heavy atom. The Balaban J connectivity index is 1.23. The van der Waals surface area contributed by atoms with Crippen LogP contribution in [0.1, 0.15) is 27.1 Å². The zero-order chi connectivity index (χ0) is 30.2. The molecule has 226 valence electrons. The van der Waals surface area contributed by atoms with Gasteiger partial charge in [0, 0.05) is 71.0 Å². The second-order valence-electron chi connectivity index (χ2n) is 11.2. The maximum Gasteiger partial charge on any atom is 0.387 e. The zero-order valence-corrected chi connectivity index (χ0v) is 24.5. The third-order valence-corrected chi connectivity index (χ3v) is 8.60. The normalized spacial score (nSPS) is 19.3. The molecule has 2 amide bonds. The number of nitrogens with one attached hydrogen (secondary N) is 1. The first-order chi connectivity index (χ1) is 20.7. The van der Waals surface area contributed by atoms with Crippen molar-refractivity contribution in [1.82, 2.24) is 19.7 Å². The topological polar surface area (TPSA) is 84.5 Å². The van der Waals surface area contributed by atoms with Gasteiger partial charge < -0.3 is 29.7 Å². The number of halogens is 2. The van der Waals surface area contributed by atoms with Crippen LogP contribution in [0, 0.1) is 0 Å². The first-order valence-electron chi connectivity index (χ1n) is 14.4. The van der Waals surface area contributed by atoms with Gasteiger partial charge in [-0.2, -0.15) is 8.78 Å². The molecule has 43 heavy (non-hydrogen) atoms. The summed E-state index contributed by atoms with van der Waals surface area (Å²) in [6.45, 7) is 2.10. The van der Waals surface area contributed by atoms with E-state index in [1.165, 1.54) is 11.0 Å². The Bertz CT molecular complexity index is 1530. The summed E-state index contributed by atoms with van der Waals surface area (Å²) in [6.07, 6.45) is 2.45. The number of rotatable bonds is 6. The van der Waals surface area contributed by atoms with E-state index in [2.05, 4.69) is 27.1 Å². The van der Waals surface area contributed by atoms with Gasteiger partial charge in [-0.05, 0) is 43.8 Å². The number of benzene rings is 2. The predicted octanol–water partition coefficient (Wildman–Crippen LogP) is 4.25. The van der Waals surface area contributed by atoms with E-state index in [0.717, 1.165) is 38.3 Å². The molecule has 6 rings (SSSR count). The fourth-order valence-corrected chi connectivity index (χ4v) is 6.08. The monoisotopic (exact) mass is 591 g/mol. The SMILES string of the molecule is CN1CCN([C@@H]2CCN(C(=O)c3ccc(Nc4cc5c(cn4)N(C)C(=O)c4ccccc4N5C)c(OC(F)F)c3)C2)CC1. The number of para-hydroxylation sites is 1. The summed E-state index contributed by atoms with van der Waals surface area (Å²) in [6, 6.07) is 13.9. The molecule has 1 aromatic heterocycles. The van der Waals surface area contributed by atoms with E-state index < -0.39 is 6.61 Å². The van der Waals surface area contributed by atoms with Crippen molar-refractivity contribution in [3.63, 3.8) is 0 Å². The molecule has 1 atom stereocenters. The molecule has 0 bridgehead atoms. The lowest BCUT2D eigenvalue weighted by atomic mass is 10.1. The number of pyridine rings is 1. The van der Waals surface area contributed by atoms with Crippen LogP contribution in [0.2, 0.25) is 0 Å². The third-order valence-electron chi connectivity index (χ3n) is 8.60. The molecule has 0 radical (unpaired) electrons. The van der Waals surface area contributed by atoms with Crippen molar-refractivity contribution < 1.29 is 23.1 Å². The number of likely N-dealkylation sites (tertiary alicyclic amines) is 1. The molecule has 2 fully saturated rings. The average molecular weight is 592 g/mol. The number of ether oxygens (including phenoxy) is 1. The Kier molecular flexibility index (Phi) is 7.89. The largest absolute Gasteiger partial charge is 0.433 e. The van der Waals surface area contributed by atoms with Gasteiger partial charge in [-0.25, -0.2) is 4.98 Å². The molecule has 2 saturated heterocycles. The van der Waals surface area contributed by atoms with Crippen LogP contribution in [0.4, 0.5) is 37.3 Å². The van der Waals surface area contributed by atoms with E-state index in [4.69, 9.17) is 4.74 Å². The Morgan fingerprint density at radius 2 is 1.72 bits per heavy atom. The van der Waals surface area contributed by atoms with E-state index in [1.807, 2.05) is 30.1 Å². The minimum atomic E-state index is -3.08.